The third kappa shape index (κ3) is 5.38. The van der Waals surface area contributed by atoms with Gasteiger partial charge in [0.25, 0.3) is 0 Å². The molecule has 4 rings (SSSR count). The van der Waals surface area contributed by atoms with Crippen LogP contribution < -0.4 is 32.1 Å². The molecule has 0 bridgehead atoms. The van der Waals surface area contributed by atoms with E-state index in [1.54, 1.807) is 0 Å². The Balaban J connectivity index is 0.00000289. The number of nitrogens with zero attached hydrogens (tertiary/aromatic N) is 2. The number of hydrogen-bond donors (Lipinski definition) is 1. The molecule has 6 nitrogen and oxygen atoms in total. The molecule has 0 aliphatic carbocycles. The average molecular weight is 501 g/mol. The summed E-state index contributed by atoms with van der Waals surface area (Å²) in [5, 5.41) is 9.66. The molecule has 32 heavy (non-hydrogen) atoms. The van der Waals surface area contributed by atoms with Crippen molar-refractivity contribution < 1.29 is 35.9 Å². The normalized spacial score (nSPS) is 13.0. The molecular formula is C25H29BrN2O4. The highest BCUT2D eigenvalue weighted by Gasteiger charge is 2.18. The van der Waals surface area contributed by atoms with Crippen molar-refractivity contribution in [2.75, 3.05) is 18.0 Å². The number of hydrogen-bond acceptors (Lipinski definition) is 4. The van der Waals surface area contributed by atoms with E-state index in [1.807, 2.05) is 36.7 Å². The Kier molecular flexibility index (Phi) is 8.07. The number of fused-ring (bicyclic) bond motifs is 2. The highest BCUT2D eigenvalue weighted by molar-refractivity contribution is 5.86. The first-order chi connectivity index (χ1) is 15.0. The summed E-state index contributed by atoms with van der Waals surface area (Å²) in [5.74, 6) is -0.741. The van der Waals surface area contributed by atoms with Crippen molar-refractivity contribution in [3.8, 4) is 11.1 Å². The first kappa shape index (κ1) is 24.0. The fourth-order valence-electron chi connectivity index (χ4n) is 4.34. The Morgan fingerprint density at radius 3 is 2.66 bits per heavy atom. The van der Waals surface area contributed by atoms with Gasteiger partial charge in [-0.25, -0.2) is 9.36 Å². The molecule has 0 spiro atoms. The fraction of sp³-hybridized carbons (Fsp3) is 0.400. The van der Waals surface area contributed by atoms with Crippen molar-refractivity contribution in [3.05, 3.63) is 58.7 Å². The summed E-state index contributed by atoms with van der Waals surface area (Å²) in [6, 6.07) is 10.00. The minimum Gasteiger partial charge on any atom is -1.00 e. The van der Waals surface area contributed by atoms with Crippen LogP contribution in [-0.2, 0) is 17.8 Å². The number of carboxylic acids is 1. The van der Waals surface area contributed by atoms with Gasteiger partial charge in [-0.3, -0.25) is 4.79 Å². The molecule has 0 amide bonds. The van der Waals surface area contributed by atoms with Crippen molar-refractivity contribution in [2.24, 2.45) is 0 Å². The van der Waals surface area contributed by atoms with E-state index in [2.05, 4.69) is 22.5 Å². The lowest BCUT2D eigenvalue weighted by Crippen LogP contribution is -3.00. The van der Waals surface area contributed by atoms with E-state index in [0.29, 0.717) is 17.6 Å². The van der Waals surface area contributed by atoms with Gasteiger partial charge in [-0.2, -0.15) is 0 Å². The van der Waals surface area contributed by atoms with Crippen molar-refractivity contribution in [2.45, 2.75) is 52.0 Å². The monoisotopic (exact) mass is 500 g/mol. The van der Waals surface area contributed by atoms with E-state index < -0.39 is 5.97 Å². The van der Waals surface area contributed by atoms with Gasteiger partial charge in [-0.1, -0.05) is 0 Å². The van der Waals surface area contributed by atoms with Crippen LogP contribution in [0.4, 0.5) is 5.69 Å². The summed E-state index contributed by atoms with van der Waals surface area (Å²) in [6.45, 7) is 4.97. The zero-order chi connectivity index (χ0) is 21.8. The van der Waals surface area contributed by atoms with Crippen molar-refractivity contribution in [1.82, 2.24) is 0 Å². The van der Waals surface area contributed by atoms with Gasteiger partial charge in [0.15, 0.2) is 12.4 Å². The second-order valence-electron chi connectivity index (χ2n) is 8.18. The van der Waals surface area contributed by atoms with Crippen LogP contribution in [0.15, 0.2) is 51.9 Å². The highest BCUT2D eigenvalue weighted by Crippen LogP contribution is 2.32. The first-order valence-electron chi connectivity index (χ1n) is 11.1. The molecule has 0 fully saturated rings. The van der Waals surface area contributed by atoms with Crippen LogP contribution in [-0.4, -0.2) is 24.2 Å². The Bertz CT molecular complexity index is 1140. The summed E-state index contributed by atoms with van der Waals surface area (Å²) >= 11 is 0. The molecule has 0 radical (unpaired) electrons. The molecule has 0 atom stereocenters. The summed E-state index contributed by atoms with van der Waals surface area (Å²) < 4.78 is 7.77. The number of anilines is 1. The Morgan fingerprint density at radius 1 is 1.16 bits per heavy atom. The van der Waals surface area contributed by atoms with Gasteiger partial charge in [0.1, 0.15) is 12.1 Å². The smallest absolute Gasteiger partial charge is 0.344 e. The average Bonchev–Trinajstić information content (AvgIpc) is 2.77. The lowest BCUT2D eigenvalue weighted by molar-refractivity contribution is -0.697. The number of carbonyl (C=O) groups is 1. The molecular weight excluding hydrogens is 472 g/mol. The Morgan fingerprint density at radius 2 is 1.94 bits per heavy atom. The second kappa shape index (κ2) is 10.8. The van der Waals surface area contributed by atoms with E-state index in [-0.39, 0.29) is 29.0 Å². The number of halogens is 1. The van der Waals surface area contributed by atoms with Crippen LogP contribution in [0.3, 0.4) is 0 Å². The van der Waals surface area contributed by atoms with Crippen LogP contribution >= 0.6 is 0 Å². The molecule has 1 N–H and O–H groups in total. The molecule has 1 aliphatic rings. The molecule has 0 unspecified atom stereocenters. The van der Waals surface area contributed by atoms with Gasteiger partial charge in [-0.15, -0.1) is 0 Å². The second-order valence-corrected chi connectivity index (χ2v) is 8.18. The topological polar surface area (TPSA) is 74.6 Å². The van der Waals surface area contributed by atoms with Crippen molar-refractivity contribution in [1.29, 1.82) is 0 Å². The molecule has 0 saturated carbocycles. The SMILES string of the molecule is CCN1CCCc2cc3cc(-c4cc[n+](CCCCCC(=O)O)cc4)c(=O)oc3cc21.[Br-]. The highest BCUT2D eigenvalue weighted by atomic mass is 79.9. The lowest BCUT2D eigenvalue weighted by Gasteiger charge is -2.30. The van der Waals surface area contributed by atoms with Gasteiger partial charge in [0.2, 0.25) is 0 Å². The van der Waals surface area contributed by atoms with E-state index in [4.69, 9.17) is 9.52 Å². The minimum atomic E-state index is -0.741. The quantitative estimate of drug-likeness (QED) is 0.285. The van der Waals surface area contributed by atoms with Crippen LogP contribution in [0.5, 0.6) is 0 Å². The number of pyridine rings is 1. The number of rotatable bonds is 8. The van der Waals surface area contributed by atoms with Crippen LogP contribution in [0, 0.1) is 0 Å². The maximum atomic E-state index is 12.7. The van der Waals surface area contributed by atoms with E-state index >= 15 is 0 Å². The number of aryl methyl sites for hydroxylation is 2. The number of carboxylic acid groups (broad SMARTS) is 1. The molecule has 170 valence electrons. The summed E-state index contributed by atoms with van der Waals surface area (Å²) in [5.41, 5.74) is 4.23. The summed E-state index contributed by atoms with van der Waals surface area (Å²) in [7, 11) is 0. The predicted octanol–water partition coefficient (Wildman–Crippen LogP) is 1.17. The van der Waals surface area contributed by atoms with E-state index in [1.165, 1.54) is 11.3 Å². The van der Waals surface area contributed by atoms with Crippen molar-refractivity contribution in [3.63, 3.8) is 0 Å². The summed E-state index contributed by atoms with van der Waals surface area (Å²) in [6.07, 6.45) is 8.85. The molecule has 3 heterocycles. The number of unbranched alkanes of at least 4 members (excludes halogenated alkanes) is 2. The van der Waals surface area contributed by atoms with Gasteiger partial charge < -0.3 is 31.4 Å². The van der Waals surface area contributed by atoms with Crippen LogP contribution in [0.25, 0.3) is 22.1 Å². The largest absolute Gasteiger partial charge is 1.00 e. The minimum absolute atomic E-state index is 0. The molecule has 2 aromatic heterocycles. The Hall–Kier alpha value is -2.67. The van der Waals surface area contributed by atoms with Crippen LogP contribution in [0.2, 0.25) is 0 Å². The van der Waals surface area contributed by atoms with E-state index in [0.717, 1.165) is 56.3 Å². The van der Waals surface area contributed by atoms with Gasteiger partial charge >= 0.3 is 11.6 Å². The molecule has 1 aliphatic heterocycles. The maximum Gasteiger partial charge on any atom is 0.344 e. The zero-order valence-electron chi connectivity index (χ0n) is 18.3. The number of benzene rings is 1. The molecule has 0 saturated heterocycles. The third-order valence-corrected chi connectivity index (χ3v) is 6.04. The fourth-order valence-corrected chi connectivity index (χ4v) is 4.34. The zero-order valence-corrected chi connectivity index (χ0v) is 19.9. The number of aliphatic carboxylic acids is 1. The number of aromatic nitrogens is 1. The molecule has 3 aromatic rings. The van der Waals surface area contributed by atoms with Crippen LogP contribution in [0.1, 0.15) is 44.6 Å². The van der Waals surface area contributed by atoms with Crippen molar-refractivity contribution >= 4 is 22.6 Å². The summed E-state index contributed by atoms with van der Waals surface area (Å²) in [4.78, 5) is 25.6. The van der Waals surface area contributed by atoms with Gasteiger partial charge in [0.05, 0.1) is 5.56 Å². The standard InChI is InChI=1S/C25H28N2O4.BrH/c1-2-27-12-6-7-19-15-20-16-21(25(30)31-23(20)17-22(19)27)18-9-13-26(14-10-18)11-5-3-4-8-24(28)29;/h9-10,13-17H,2-8,11-12H2,1H3;1H. The first-order valence-corrected chi connectivity index (χ1v) is 11.1. The Labute approximate surface area is 198 Å². The molecule has 1 aromatic carbocycles. The van der Waals surface area contributed by atoms with Gasteiger partial charge in [-0.05, 0) is 50.3 Å². The lowest BCUT2D eigenvalue weighted by atomic mass is 9.98. The van der Waals surface area contributed by atoms with E-state index in [9.17, 15) is 9.59 Å². The van der Waals surface area contributed by atoms with Gasteiger partial charge in [0, 0.05) is 60.8 Å². The third-order valence-electron chi connectivity index (χ3n) is 6.04. The maximum absolute atomic E-state index is 12.7. The molecule has 7 heteroatoms. The predicted molar refractivity (Wildman–Crippen MR) is 120 cm³/mol.